The van der Waals surface area contributed by atoms with Crippen LogP contribution in [0.4, 0.5) is 4.39 Å². The van der Waals surface area contributed by atoms with E-state index in [2.05, 4.69) is 32.8 Å². The van der Waals surface area contributed by atoms with Crippen molar-refractivity contribution in [2.45, 2.75) is 26.0 Å². The predicted molar refractivity (Wildman–Crippen MR) is 123 cm³/mol. The summed E-state index contributed by atoms with van der Waals surface area (Å²) in [5.41, 5.74) is 2.91. The van der Waals surface area contributed by atoms with E-state index < -0.39 is 0 Å². The van der Waals surface area contributed by atoms with Gasteiger partial charge in [0.15, 0.2) is 11.5 Å². The molecule has 1 fully saturated rings. The van der Waals surface area contributed by atoms with Gasteiger partial charge >= 0.3 is 0 Å². The molecule has 0 spiro atoms. The highest BCUT2D eigenvalue weighted by Crippen LogP contribution is 2.38. The molecule has 1 unspecified atom stereocenters. The molecule has 1 atom stereocenters. The van der Waals surface area contributed by atoms with Crippen LogP contribution in [0.3, 0.4) is 0 Å². The van der Waals surface area contributed by atoms with Gasteiger partial charge < -0.3 is 14.0 Å². The quantitative estimate of drug-likeness (QED) is 0.455. The number of halogens is 1. The lowest BCUT2D eigenvalue weighted by molar-refractivity contribution is 0.0144. The van der Waals surface area contributed by atoms with E-state index in [1.165, 1.54) is 6.07 Å². The number of benzene rings is 2. The fraction of sp³-hybridized carbons (Fsp3) is 0.346. The lowest BCUT2D eigenvalue weighted by Crippen LogP contribution is -2.52. The second kappa shape index (κ2) is 7.78. The van der Waals surface area contributed by atoms with Crippen molar-refractivity contribution in [2.75, 3.05) is 26.2 Å². The Morgan fingerprint density at radius 3 is 2.91 bits per heavy atom. The van der Waals surface area contributed by atoms with E-state index in [0.29, 0.717) is 12.5 Å². The summed E-state index contributed by atoms with van der Waals surface area (Å²) in [4.78, 5) is 7.04. The molecule has 0 radical (unpaired) electrons. The average Bonchev–Trinajstić information content (AvgIpc) is 3.16. The minimum Gasteiger partial charge on any atom is -0.486 e. The zero-order valence-corrected chi connectivity index (χ0v) is 18.1. The second-order valence-electron chi connectivity index (χ2n) is 9.05. The highest BCUT2D eigenvalue weighted by molar-refractivity contribution is 5.88. The molecule has 0 N–H and O–H groups in total. The topological polar surface area (TPSA) is 39.5 Å². The first-order chi connectivity index (χ1) is 15.6. The summed E-state index contributed by atoms with van der Waals surface area (Å²) in [5, 5.41) is 2.10. The molecule has 2 aromatic carbocycles. The summed E-state index contributed by atoms with van der Waals surface area (Å²) >= 11 is 0. The van der Waals surface area contributed by atoms with Gasteiger partial charge in [0.1, 0.15) is 18.5 Å². The van der Waals surface area contributed by atoms with Crippen molar-refractivity contribution >= 4 is 21.8 Å². The summed E-state index contributed by atoms with van der Waals surface area (Å²) in [6.07, 6.45) is 3.18. The van der Waals surface area contributed by atoms with Gasteiger partial charge in [-0.3, -0.25) is 9.88 Å². The molecule has 6 rings (SSSR count). The third kappa shape index (κ3) is 3.58. The van der Waals surface area contributed by atoms with Gasteiger partial charge in [0.2, 0.25) is 0 Å². The van der Waals surface area contributed by atoms with Crippen LogP contribution in [0.15, 0.2) is 54.7 Å². The molecular weight excluding hydrogens is 405 g/mol. The molecule has 0 saturated carbocycles. The van der Waals surface area contributed by atoms with Crippen molar-refractivity contribution in [2.24, 2.45) is 5.92 Å². The Kier molecular flexibility index (Phi) is 4.76. The highest BCUT2D eigenvalue weighted by Gasteiger charge is 2.31. The molecule has 1 saturated heterocycles. The van der Waals surface area contributed by atoms with Crippen LogP contribution in [0, 0.1) is 18.7 Å². The Morgan fingerprint density at radius 1 is 1.09 bits per heavy atom. The standard InChI is InChI=1S/C26H26FN3O2/c1-17-2-5-22-23(28-17)6-7-25-26(22)32-21(16-31-25)15-29-13-18(14-29)8-10-30-11-9-19-3-4-20(27)12-24(19)30/h2-7,9,11-12,18,21H,8,10,13-16H2,1H3. The molecule has 32 heavy (non-hydrogen) atoms. The number of aryl methyl sites for hydroxylation is 2. The highest BCUT2D eigenvalue weighted by atomic mass is 19.1. The van der Waals surface area contributed by atoms with Crippen molar-refractivity contribution in [3.63, 3.8) is 0 Å². The van der Waals surface area contributed by atoms with Crippen molar-refractivity contribution in [1.82, 2.24) is 14.5 Å². The number of pyridine rings is 1. The van der Waals surface area contributed by atoms with Crippen molar-refractivity contribution in [3.8, 4) is 11.5 Å². The first-order valence-electron chi connectivity index (χ1n) is 11.3. The molecule has 0 amide bonds. The van der Waals surface area contributed by atoms with E-state index in [4.69, 9.17) is 9.47 Å². The number of hydrogen-bond acceptors (Lipinski definition) is 4. The maximum Gasteiger partial charge on any atom is 0.171 e. The molecule has 0 bridgehead atoms. The molecule has 2 aromatic heterocycles. The number of rotatable bonds is 5. The Bertz CT molecular complexity index is 1300. The number of nitrogens with zero attached hydrogens (tertiary/aromatic N) is 3. The van der Waals surface area contributed by atoms with Gasteiger partial charge in [-0.15, -0.1) is 0 Å². The number of aromatic nitrogens is 2. The van der Waals surface area contributed by atoms with E-state index in [9.17, 15) is 4.39 Å². The molecule has 2 aliphatic rings. The predicted octanol–water partition coefficient (Wildman–Crippen LogP) is 4.80. The van der Waals surface area contributed by atoms with Crippen molar-refractivity contribution in [3.05, 3.63) is 66.2 Å². The van der Waals surface area contributed by atoms with Gasteiger partial charge in [-0.25, -0.2) is 4.39 Å². The van der Waals surface area contributed by atoms with Crippen LogP contribution in [0.1, 0.15) is 12.1 Å². The van der Waals surface area contributed by atoms with Crippen LogP contribution in [-0.2, 0) is 6.54 Å². The molecule has 0 aliphatic carbocycles. The number of fused-ring (bicyclic) bond motifs is 4. The molecule has 2 aliphatic heterocycles. The van der Waals surface area contributed by atoms with Gasteiger partial charge in [0, 0.05) is 43.5 Å². The third-order valence-electron chi connectivity index (χ3n) is 6.64. The van der Waals surface area contributed by atoms with Crippen LogP contribution >= 0.6 is 0 Å². The Morgan fingerprint density at radius 2 is 2.00 bits per heavy atom. The van der Waals surface area contributed by atoms with E-state index in [-0.39, 0.29) is 11.9 Å². The van der Waals surface area contributed by atoms with Gasteiger partial charge in [0.25, 0.3) is 0 Å². The molecule has 5 nitrogen and oxygen atoms in total. The average molecular weight is 432 g/mol. The molecular formula is C26H26FN3O2. The SMILES string of the molecule is Cc1ccc2c3c(ccc2n1)OCC(CN1CC(CCn2ccc4ccc(F)cc42)C1)O3. The number of ether oxygens (including phenoxy) is 2. The van der Waals surface area contributed by atoms with Gasteiger partial charge in [-0.2, -0.15) is 0 Å². The third-order valence-corrected chi connectivity index (χ3v) is 6.64. The van der Waals surface area contributed by atoms with Crippen LogP contribution in [0.2, 0.25) is 0 Å². The Balaban J connectivity index is 1.05. The zero-order chi connectivity index (χ0) is 21.7. The van der Waals surface area contributed by atoms with Crippen molar-refractivity contribution in [1.29, 1.82) is 0 Å². The maximum absolute atomic E-state index is 13.6. The van der Waals surface area contributed by atoms with E-state index in [1.54, 1.807) is 6.07 Å². The lowest BCUT2D eigenvalue weighted by atomic mass is 9.96. The summed E-state index contributed by atoms with van der Waals surface area (Å²) in [6, 6.07) is 15.1. The first kappa shape index (κ1) is 19.6. The van der Waals surface area contributed by atoms with Crippen LogP contribution in [0.5, 0.6) is 11.5 Å². The summed E-state index contributed by atoms with van der Waals surface area (Å²) < 4.78 is 28.1. The Labute approximate surface area is 186 Å². The lowest BCUT2D eigenvalue weighted by Gasteiger charge is -2.42. The van der Waals surface area contributed by atoms with Crippen molar-refractivity contribution < 1.29 is 13.9 Å². The van der Waals surface area contributed by atoms with Crippen LogP contribution in [-0.4, -0.2) is 46.8 Å². The van der Waals surface area contributed by atoms with Gasteiger partial charge in [0.05, 0.1) is 11.0 Å². The number of likely N-dealkylation sites (tertiary alicyclic amines) is 1. The zero-order valence-electron chi connectivity index (χ0n) is 18.1. The van der Waals surface area contributed by atoms with Crippen LogP contribution in [0.25, 0.3) is 21.8 Å². The summed E-state index contributed by atoms with van der Waals surface area (Å²) in [5.74, 6) is 2.10. The molecule has 4 aromatic rings. The smallest absolute Gasteiger partial charge is 0.171 e. The fourth-order valence-corrected chi connectivity index (χ4v) is 4.94. The van der Waals surface area contributed by atoms with E-state index in [1.807, 2.05) is 31.2 Å². The number of hydrogen-bond donors (Lipinski definition) is 0. The normalized spacial score (nSPS) is 18.9. The maximum atomic E-state index is 13.6. The fourth-order valence-electron chi connectivity index (χ4n) is 4.94. The monoisotopic (exact) mass is 431 g/mol. The largest absolute Gasteiger partial charge is 0.486 e. The van der Waals surface area contributed by atoms with Crippen LogP contribution < -0.4 is 9.47 Å². The Hall–Kier alpha value is -3.12. The minimum atomic E-state index is -0.178. The molecule has 4 heterocycles. The first-order valence-corrected chi connectivity index (χ1v) is 11.3. The molecule has 164 valence electrons. The second-order valence-corrected chi connectivity index (χ2v) is 9.05. The van der Waals surface area contributed by atoms with E-state index >= 15 is 0 Å². The molecule has 6 heteroatoms. The van der Waals surface area contributed by atoms with Gasteiger partial charge in [-0.05, 0) is 73.2 Å². The minimum absolute atomic E-state index is 0.0201. The van der Waals surface area contributed by atoms with E-state index in [0.717, 1.165) is 71.6 Å². The summed E-state index contributed by atoms with van der Waals surface area (Å²) in [6.45, 7) is 6.48. The van der Waals surface area contributed by atoms with Gasteiger partial charge in [-0.1, -0.05) is 0 Å². The summed E-state index contributed by atoms with van der Waals surface area (Å²) in [7, 11) is 0.